The number of amides is 2. The molecule has 0 aromatic carbocycles. The third-order valence-corrected chi connectivity index (χ3v) is 3.70. The molecular weight excluding hydrogens is 202 g/mol. The highest BCUT2D eigenvalue weighted by atomic mass is 16.2. The zero-order chi connectivity index (χ0) is 11.3. The van der Waals surface area contributed by atoms with Crippen LogP contribution in [0, 0.1) is 11.8 Å². The highest BCUT2D eigenvalue weighted by Crippen LogP contribution is 2.51. The second kappa shape index (κ2) is 3.30. The molecule has 1 heterocycles. The van der Waals surface area contributed by atoms with Crippen LogP contribution in [-0.4, -0.2) is 23.3 Å². The van der Waals surface area contributed by atoms with Crippen LogP contribution in [0.2, 0.25) is 0 Å². The van der Waals surface area contributed by atoms with E-state index in [1.807, 2.05) is 6.08 Å². The number of unbranched alkanes of at least 4 members (excludes halogenated alkanes) is 1. The van der Waals surface area contributed by atoms with Crippen molar-refractivity contribution in [3.05, 3.63) is 23.3 Å². The minimum absolute atomic E-state index is 0.0229. The van der Waals surface area contributed by atoms with Crippen molar-refractivity contribution in [1.29, 1.82) is 0 Å². The average Bonchev–Trinajstić information content (AvgIpc) is 3.02. The number of fused-ring (bicyclic) bond motifs is 2. The normalized spacial score (nSPS) is 30.9. The fourth-order valence-electron chi connectivity index (χ4n) is 2.63. The van der Waals surface area contributed by atoms with E-state index in [9.17, 15) is 9.59 Å². The zero-order valence-electron chi connectivity index (χ0n) is 9.40. The van der Waals surface area contributed by atoms with Crippen LogP contribution in [0.4, 0.5) is 0 Å². The van der Waals surface area contributed by atoms with Crippen molar-refractivity contribution in [3.63, 3.8) is 0 Å². The summed E-state index contributed by atoms with van der Waals surface area (Å²) in [5, 5.41) is 0. The monoisotopic (exact) mass is 217 g/mol. The predicted octanol–water partition coefficient (Wildman–Crippen LogP) is 1.66. The van der Waals surface area contributed by atoms with Crippen molar-refractivity contribution in [2.24, 2.45) is 11.8 Å². The fourth-order valence-corrected chi connectivity index (χ4v) is 2.63. The Morgan fingerprint density at radius 1 is 1.38 bits per heavy atom. The van der Waals surface area contributed by atoms with E-state index in [-0.39, 0.29) is 11.8 Å². The third-order valence-electron chi connectivity index (χ3n) is 3.70. The largest absolute Gasteiger partial charge is 0.275 e. The summed E-state index contributed by atoms with van der Waals surface area (Å²) in [6.45, 7) is 2.64. The molecule has 0 aromatic rings. The summed E-state index contributed by atoms with van der Waals surface area (Å²) in [6.07, 6.45) is 6.89. The van der Waals surface area contributed by atoms with Gasteiger partial charge in [-0.05, 0) is 24.7 Å². The molecule has 16 heavy (non-hydrogen) atoms. The quantitative estimate of drug-likeness (QED) is 0.674. The van der Waals surface area contributed by atoms with Gasteiger partial charge in [-0.25, -0.2) is 0 Å². The van der Waals surface area contributed by atoms with Crippen LogP contribution in [0.15, 0.2) is 23.3 Å². The number of rotatable bonds is 3. The molecule has 1 aliphatic heterocycles. The molecule has 2 atom stereocenters. The van der Waals surface area contributed by atoms with E-state index in [1.165, 1.54) is 4.90 Å². The van der Waals surface area contributed by atoms with Crippen LogP contribution in [-0.2, 0) is 9.59 Å². The second-order valence-corrected chi connectivity index (χ2v) is 4.81. The van der Waals surface area contributed by atoms with Gasteiger partial charge in [-0.1, -0.05) is 25.5 Å². The SMILES string of the molecule is CCCCN1C(=O)C2=C(C1=O)C1CC1C=C2. The molecule has 2 aliphatic carbocycles. The summed E-state index contributed by atoms with van der Waals surface area (Å²) in [6, 6.07) is 0. The molecular formula is C13H15NO2. The van der Waals surface area contributed by atoms with Gasteiger partial charge in [0.2, 0.25) is 0 Å². The summed E-state index contributed by atoms with van der Waals surface area (Å²) in [7, 11) is 0. The maximum Gasteiger partial charge on any atom is 0.261 e. The molecule has 3 aliphatic rings. The predicted molar refractivity (Wildman–Crippen MR) is 59.4 cm³/mol. The summed E-state index contributed by atoms with van der Waals surface area (Å²) in [5.41, 5.74) is 1.47. The zero-order valence-corrected chi connectivity index (χ0v) is 9.40. The van der Waals surface area contributed by atoms with E-state index >= 15 is 0 Å². The molecule has 0 radical (unpaired) electrons. The number of carbonyl (C=O) groups is 2. The first-order valence-electron chi connectivity index (χ1n) is 6.02. The van der Waals surface area contributed by atoms with Crippen LogP contribution in [0.25, 0.3) is 0 Å². The number of imide groups is 1. The van der Waals surface area contributed by atoms with Gasteiger partial charge in [0.05, 0.1) is 0 Å². The fraction of sp³-hybridized carbons (Fsp3) is 0.538. The molecule has 0 N–H and O–H groups in total. The van der Waals surface area contributed by atoms with E-state index in [4.69, 9.17) is 0 Å². The molecule has 2 amide bonds. The van der Waals surface area contributed by atoms with Crippen molar-refractivity contribution in [1.82, 2.24) is 4.90 Å². The van der Waals surface area contributed by atoms with Gasteiger partial charge in [-0.2, -0.15) is 0 Å². The summed E-state index contributed by atoms with van der Waals surface area (Å²) in [4.78, 5) is 25.6. The third kappa shape index (κ3) is 1.20. The molecule has 1 saturated carbocycles. The van der Waals surface area contributed by atoms with Crippen LogP contribution >= 0.6 is 0 Å². The number of nitrogens with zero attached hydrogens (tertiary/aromatic N) is 1. The Labute approximate surface area is 94.8 Å². The smallest absolute Gasteiger partial charge is 0.261 e. The minimum Gasteiger partial charge on any atom is -0.275 e. The van der Waals surface area contributed by atoms with Gasteiger partial charge in [-0.3, -0.25) is 14.5 Å². The van der Waals surface area contributed by atoms with Gasteiger partial charge in [-0.15, -0.1) is 0 Å². The Bertz CT molecular complexity index is 433. The molecule has 0 saturated heterocycles. The second-order valence-electron chi connectivity index (χ2n) is 4.81. The Morgan fingerprint density at radius 3 is 2.94 bits per heavy atom. The molecule has 3 nitrogen and oxygen atoms in total. The van der Waals surface area contributed by atoms with E-state index < -0.39 is 0 Å². The van der Waals surface area contributed by atoms with Crippen LogP contribution in [0.5, 0.6) is 0 Å². The molecule has 1 fully saturated rings. The lowest BCUT2D eigenvalue weighted by atomic mass is 9.99. The number of hydrogen-bond donors (Lipinski definition) is 0. The van der Waals surface area contributed by atoms with Gasteiger partial charge in [0.1, 0.15) is 0 Å². The van der Waals surface area contributed by atoms with Gasteiger partial charge in [0.25, 0.3) is 11.8 Å². The van der Waals surface area contributed by atoms with Crippen LogP contribution in [0.3, 0.4) is 0 Å². The molecule has 84 valence electrons. The lowest BCUT2D eigenvalue weighted by molar-refractivity contribution is -0.137. The maximum atomic E-state index is 12.1. The number of allylic oxidation sites excluding steroid dienone is 1. The summed E-state index contributed by atoms with van der Waals surface area (Å²) >= 11 is 0. The number of carbonyl (C=O) groups excluding carboxylic acids is 2. The molecule has 0 spiro atoms. The Balaban J connectivity index is 1.87. The topological polar surface area (TPSA) is 37.4 Å². The van der Waals surface area contributed by atoms with E-state index in [0.29, 0.717) is 24.0 Å². The Morgan fingerprint density at radius 2 is 2.19 bits per heavy atom. The van der Waals surface area contributed by atoms with Crippen molar-refractivity contribution < 1.29 is 9.59 Å². The van der Waals surface area contributed by atoms with E-state index in [2.05, 4.69) is 13.0 Å². The van der Waals surface area contributed by atoms with Gasteiger partial charge in [0, 0.05) is 17.7 Å². The molecule has 0 aromatic heterocycles. The minimum atomic E-state index is -0.0740. The van der Waals surface area contributed by atoms with Crippen LogP contribution < -0.4 is 0 Å². The summed E-state index contributed by atoms with van der Waals surface area (Å²) < 4.78 is 0. The maximum absolute atomic E-state index is 12.1. The highest BCUT2D eigenvalue weighted by Gasteiger charge is 2.50. The molecule has 3 heteroatoms. The van der Waals surface area contributed by atoms with Crippen molar-refractivity contribution in [2.45, 2.75) is 26.2 Å². The highest BCUT2D eigenvalue weighted by molar-refractivity contribution is 6.21. The van der Waals surface area contributed by atoms with Crippen molar-refractivity contribution in [3.8, 4) is 0 Å². The first kappa shape index (κ1) is 9.82. The van der Waals surface area contributed by atoms with E-state index in [1.54, 1.807) is 0 Å². The lowest BCUT2D eigenvalue weighted by Gasteiger charge is -2.13. The first-order valence-corrected chi connectivity index (χ1v) is 6.02. The summed E-state index contributed by atoms with van der Waals surface area (Å²) in [5.74, 6) is 0.782. The van der Waals surface area contributed by atoms with Crippen molar-refractivity contribution in [2.75, 3.05) is 6.54 Å². The molecule has 2 unspecified atom stereocenters. The molecule has 0 bridgehead atoms. The standard InChI is InChI=1S/C13H15NO2/c1-2-3-6-14-12(15)9-5-4-8-7-10(8)11(9)13(14)16/h4-5,8,10H,2-3,6-7H2,1H3. The average molecular weight is 217 g/mol. The van der Waals surface area contributed by atoms with Gasteiger partial charge >= 0.3 is 0 Å². The van der Waals surface area contributed by atoms with Crippen LogP contribution in [0.1, 0.15) is 26.2 Å². The van der Waals surface area contributed by atoms with Crippen molar-refractivity contribution >= 4 is 11.8 Å². The molecule has 3 rings (SSSR count). The Hall–Kier alpha value is -1.38. The number of hydrogen-bond acceptors (Lipinski definition) is 2. The lowest BCUT2D eigenvalue weighted by Crippen LogP contribution is -2.32. The van der Waals surface area contributed by atoms with E-state index in [0.717, 1.165) is 24.8 Å². The first-order chi connectivity index (χ1) is 7.74. The van der Waals surface area contributed by atoms with Gasteiger partial charge in [0.15, 0.2) is 0 Å². The Kier molecular flexibility index (Phi) is 2.03. The van der Waals surface area contributed by atoms with Gasteiger partial charge < -0.3 is 0 Å².